The van der Waals surface area contributed by atoms with Crippen LogP contribution in [0, 0.1) is 10.1 Å². The molecule has 3 rings (SSSR count). The van der Waals surface area contributed by atoms with Crippen molar-refractivity contribution in [2.24, 2.45) is 5.84 Å². The second-order valence-corrected chi connectivity index (χ2v) is 6.43. The van der Waals surface area contributed by atoms with Gasteiger partial charge in [-0.15, -0.1) is 0 Å². The fraction of sp³-hybridized carbons (Fsp3) is 0.385. The number of rotatable bonds is 2. The molecule has 0 saturated carbocycles. The Labute approximate surface area is 142 Å². The number of hydrogen-bond acceptors (Lipinski definition) is 8. The van der Waals surface area contributed by atoms with Crippen LogP contribution in [-0.2, 0) is 6.18 Å². The zero-order valence-corrected chi connectivity index (χ0v) is 13.4. The standard InChI is InChI=1S/C13H12F3N5O3S/c14-13(15,16)7-5-8-10(9(6-7)21(23)24)25-12(18-11(8)22)19-1-3-20(17)4-2-19/h5-6H,1-4,17H2. The Hall–Kier alpha value is -2.31. The minimum Gasteiger partial charge on any atom is -0.345 e. The number of nitro groups is 1. The lowest BCUT2D eigenvalue weighted by atomic mass is 10.1. The number of non-ortho nitro benzene ring substituents is 1. The molecule has 134 valence electrons. The van der Waals surface area contributed by atoms with Crippen molar-refractivity contribution in [3.05, 3.63) is 38.2 Å². The monoisotopic (exact) mass is 375 g/mol. The first-order chi connectivity index (χ1) is 11.7. The van der Waals surface area contributed by atoms with E-state index in [4.69, 9.17) is 5.84 Å². The Morgan fingerprint density at radius 2 is 1.88 bits per heavy atom. The molecule has 1 aromatic heterocycles. The summed E-state index contributed by atoms with van der Waals surface area (Å²) in [5.41, 5.74) is -2.93. The Kier molecular flexibility index (Phi) is 4.34. The Balaban J connectivity index is 2.18. The zero-order valence-electron chi connectivity index (χ0n) is 12.6. The van der Waals surface area contributed by atoms with E-state index in [-0.39, 0.29) is 9.83 Å². The number of hydrogen-bond donors (Lipinski definition) is 1. The van der Waals surface area contributed by atoms with Gasteiger partial charge >= 0.3 is 6.18 Å². The van der Waals surface area contributed by atoms with Crippen LogP contribution in [0.25, 0.3) is 10.1 Å². The molecule has 1 aromatic carbocycles. The van der Waals surface area contributed by atoms with E-state index in [1.54, 1.807) is 9.91 Å². The summed E-state index contributed by atoms with van der Waals surface area (Å²) >= 11 is 0.830. The van der Waals surface area contributed by atoms with E-state index in [0.717, 1.165) is 11.3 Å². The van der Waals surface area contributed by atoms with E-state index in [1.807, 2.05) is 0 Å². The van der Waals surface area contributed by atoms with Crippen molar-refractivity contribution in [1.29, 1.82) is 0 Å². The minimum absolute atomic E-state index is 0.122. The maximum Gasteiger partial charge on any atom is 0.416 e. The fourth-order valence-corrected chi connectivity index (χ4v) is 3.61. The number of anilines is 1. The molecule has 8 nitrogen and oxygen atoms in total. The van der Waals surface area contributed by atoms with Gasteiger partial charge in [-0.25, -0.2) is 5.01 Å². The average Bonchev–Trinajstić information content (AvgIpc) is 2.53. The van der Waals surface area contributed by atoms with Crippen molar-refractivity contribution in [3.63, 3.8) is 0 Å². The highest BCUT2D eigenvalue weighted by atomic mass is 32.1. The molecule has 0 atom stereocenters. The first kappa shape index (κ1) is 17.5. The third kappa shape index (κ3) is 3.41. The molecule has 0 spiro atoms. The smallest absolute Gasteiger partial charge is 0.345 e. The van der Waals surface area contributed by atoms with E-state index >= 15 is 0 Å². The number of nitro benzene ring substituents is 1. The van der Waals surface area contributed by atoms with Gasteiger partial charge in [-0.2, -0.15) is 18.2 Å². The van der Waals surface area contributed by atoms with Gasteiger partial charge in [0.2, 0.25) is 0 Å². The minimum atomic E-state index is -4.80. The molecule has 0 bridgehead atoms. The number of piperazine rings is 1. The van der Waals surface area contributed by atoms with Gasteiger partial charge in [0.05, 0.1) is 15.9 Å². The van der Waals surface area contributed by atoms with E-state index in [9.17, 15) is 28.1 Å². The molecule has 2 heterocycles. The van der Waals surface area contributed by atoms with Crippen LogP contribution in [0.15, 0.2) is 16.9 Å². The summed E-state index contributed by atoms with van der Waals surface area (Å²) in [5, 5.41) is 12.6. The summed E-state index contributed by atoms with van der Waals surface area (Å²) < 4.78 is 38.7. The number of aromatic nitrogens is 1. The van der Waals surface area contributed by atoms with Gasteiger partial charge in [-0.1, -0.05) is 11.3 Å². The molecule has 12 heteroatoms. The first-order valence-electron chi connectivity index (χ1n) is 7.12. The molecule has 1 saturated heterocycles. The fourth-order valence-electron chi connectivity index (χ4n) is 2.49. The Morgan fingerprint density at radius 1 is 1.24 bits per heavy atom. The van der Waals surface area contributed by atoms with Crippen molar-refractivity contribution >= 4 is 32.2 Å². The van der Waals surface area contributed by atoms with Crippen molar-refractivity contribution in [2.45, 2.75) is 6.18 Å². The Morgan fingerprint density at radius 3 is 2.44 bits per heavy atom. The number of hydrazine groups is 1. The number of alkyl halides is 3. The summed E-state index contributed by atoms with van der Waals surface area (Å²) in [6.07, 6.45) is -4.80. The largest absolute Gasteiger partial charge is 0.416 e. The summed E-state index contributed by atoms with van der Waals surface area (Å²) in [6.45, 7) is 1.93. The molecular formula is C13H12F3N5O3S. The second kappa shape index (κ2) is 6.20. The molecule has 1 aliphatic heterocycles. The SMILES string of the molecule is NN1CCN(c2nc(=O)c3cc(C(F)(F)F)cc([N+](=O)[O-])c3s2)CC1. The van der Waals surface area contributed by atoms with Crippen LogP contribution >= 0.6 is 11.3 Å². The van der Waals surface area contributed by atoms with Crippen LogP contribution < -0.4 is 16.3 Å². The zero-order chi connectivity index (χ0) is 18.4. The van der Waals surface area contributed by atoms with Crippen LogP contribution in [0.5, 0.6) is 0 Å². The van der Waals surface area contributed by atoms with Gasteiger partial charge in [0.15, 0.2) is 5.13 Å². The quantitative estimate of drug-likeness (QED) is 0.483. The number of fused-ring (bicyclic) bond motifs is 1. The van der Waals surface area contributed by atoms with Crippen LogP contribution in [0.1, 0.15) is 5.56 Å². The second-order valence-electron chi connectivity index (χ2n) is 5.45. The third-order valence-electron chi connectivity index (χ3n) is 3.80. The highest BCUT2D eigenvalue weighted by Gasteiger charge is 2.34. The van der Waals surface area contributed by atoms with Crippen molar-refractivity contribution in [3.8, 4) is 0 Å². The maximum absolute atomic E-state index is 12.9. The van der Waals surface area contributed by atoms with E-state index in [2.05, 4.69) is 4.98 Å². The molecule has 1 fully saturated rings. The van der Waals surface area contributed by atoms with E-state index in [1.165, 1.54) is 0 Å². The topological polar surface area (TPSA) is 106 Å². The third-order valence-corrected chi connectivity index (χ3v) is 4.96. The normalized spacial score (nSPS) is 16.4. The molecule has 1 aliphatic rings. The van der Waals surface area contributed by atoms with Crippen LogP contribution in [-0.4, -0.2) is 41.1 Å². The molecule has 0 radical (unpaired) electrons. The lowest BCUT2D eigenvalue weighted by molar-refractivity contribution is -0.383. The molecule has 2 aromatic rings. The predicted octanol–water partition coefficient (Wildman–Crippen LogP) is 1.58. The van der Waals surface area contributed by atoms with Gasteiger partial charge < -0.3 is 4.90 Å². The summed E-state index contributed by atoms with van der Waals surface area (Å²) in [6, 6.07) is 1.05. The first-order valence-corrected chi connectivity index (χ1v) is 7.93. The highest BCUT2D eigenvalue weighted by molar-refractivity contribution is 7.22. The van der Waals surface area contributed by atoms with Gasteiger partial charge in [-0.3, -0.25) is 20.8 Å². The maximum atomic E-state index is 12.9. The summed E-state index contributed by atoms with van der Waals surface area (Å²) in [7, 11) is 0. The number of nitrogens with two attached hydrogens (primary N) is 1. The van der Waals surface area contributed by atoms with Crippen molar-refractivity contribution < 1.29 is 18.1 Å². The van der Waals surface area contributed by atoms with Gasteiger partial charge in [-0.05, 0) is 6.07 Å². The lowest BCUT2D eigenvalue weighted by Crippen LogP contribution is -2.49. The van der Waals surface area contributed by atoms with Crippen LogP contribution in [0.4, 0.5) is 24.0 Å². The molecule has 25 heavy (non-hydrogen) atoms. The average molecular weight is 375 g/mol. The molecule has 0 amide bonds. The van der Waals surface area contributed by atoms with E-state index < -0.39 is 33.3 Å². The van der Waals surface area contributed by atoms with Gasteiger partial charge in [0.25, 0.3) is 11.2 Å². The molecule has 0 aliphatic carbocycles. The number of nitrogens with zero attached hydrogens (tertiary/aromatic N) is 4. The summed E-state index contributed by atoms with van der Waals surface area (Å²) in [5.74, 6) is 5.65. The highest BCUT2D eigenvalue weighted by Crippen LogP contribution is 2.38. The van der Waals surface area contributed by atoms with Crippen LogP contribution in [0.2, 0.25) is 0 Å². The van der Waals surface area contributed by atoms with E-state index in [0.29, 0.717) is 38.3 Å². The molecule has 0 unspecified atom stereocenters. The Bertz CT molecular complexity index is 893. The predicted molar refractivity (Wildman–Crippen MR) is 85.5 cm³/mol. The van der Waals surface area contributed by atoms with Gasteiger partial charge in [0, 0.05) is 32.2 Å². The lowest BCUT2D eigenvalue weighted by Gasteiger charge is -2.32. The van der Waals surface area contributed by atoms with Gasteiger partial charge in [0.1, 0.15) is 4.70 Å². The molecular weight excluding hydrogens is 363 g/mol. The van der Waals surface area contributed by atoms with Crippen molar-refractivity contribution in [1.82, 2.24) is 9.99 Å². The number of benzene rings is 1. The van der Waals surface area contributed by atoms with Crippen molar-refractivity contribution in [2.75, 3.05) is 31.1 Å². The molecule has 2 N–H and O–H groups in total. The number of halogens is 3. The summed E-state index contributed by atoms with van der Waals surface area (Å²) in [4.78, 5) is 28.1. The van der Waals surface area contributed by atoms with Crippen LogP contribution in [0.3, 0.4) is 0 Å².